The maximum Gasteiger partial charge on any atom is 0.145 e. The predicted octanol–water partition coefficient (Wildman–Crippen LogP) is 3.54. The van der Waals surface area contributed by atoms with Gasteiger partial charge >= 0.3 is 0 Å². The number of halogens is 1. The van der Waals surface area contributed by atoms with Gasteiger partial charge in [0.1, 0.15) is 17.5 Å². The van der Waals surface area contributed by atoms with Gasteiger partial charge in [-0.05, 0) is 25.0 Å². The zero-order valence-corrected chi connectivity index (χ0v) is 13.0. The van der Waals surface area contributed by atoms with E-state index in [1.165, 1.54) is 0 Å². The Morgan fingerprint density at radius 3 is 2.62 bits per heavy atom. The maximum atomic E-state index is 6.22. The number of benzene rings is 1. The van der Waals surface area contributed by atoms with Crippen LogP contribution in [0.5, 0.6) is 0 Å². The number of hydrazine groups is 1. The fraction of sp³-hybridized carbons (Fsp3) is 0.333. The number of hydrogen-bond donors (Lipinski definition) is 3. The molecule has 0 bridgehead atoms. The van der Waals surface area contributed by atoms with Gasteiger partial charge in [-0.25, -0.2) is 15.8 Å². The molecule has 1 atom stereocenters. The van der Waals surface area contributed by atoms with Crippen molar-refractivity contribution in [3.05, 3.63) is 46.7 Å². The van der Waals surface area contributed by atoms with E-state index in [1.54, 1.807) is 6.07 Å². The van der Waals surface area contributed by atoms with E-state index in [4.69, 9.17) is 17.4 Å². The van der Waals surface area contributed by atoms with Crippen molar-refractivity contribution >= 4 is 23.2 Å². The second-order valence-electron chi connectivity index (χ2n) is 4.84. The zero-order chi connectivity index (χ0) is 15.2. The molecule has 6 heteroatoms. The summed E-state index contributed by atoms with van der Waals surface area (Å²) < 4.78 is 0. The van der Waals surface area contributed by atoms with Gasteiger partial charge in [-0.1, -0.05) is 36.7 Å². The van der Waals surface area contributed by atoms with Crippen LogP contribution in [-0.2, 0) is 6.42 Å². The van der Waals surface area contributed by atoms with Crippen molar-refractivity contribution in [1.29, 1.82) is 0 Å². The van der Waals surface area contributed by atoms with Crippen LogP contribution in [-0.4, -0.2) is 9.97 Å². The first kappa shape index (κ1) is 15.5. The predicted molar refractivity (Wildman–Crippen MR) is 87.3 cm³/mol. The highest BCUT2D eigenvalue weighted by atomic mass is 35.5. The van der Waals surface area contributed by atoms with Gasteiger partial charge < -0.3 is 10.7 Å². The summed E-state index contributed by atoms with van der Waals surface area (Å²) in [7, 11) is 0. The van der Waals surface area contributed by atoms with E-state index in [-0.39, 0.29) is 6.04 Å². The van der Waals surface area contributed by atoms with Crippen LogP contribution in [0.4, 0.5) is 11.6 Å². The van der Waals surface area contributed by atoms with E-state index >= 15 is 0 Å². The summed E-state index contributed by atoms with van der Waals surface area (Å²) in [6.07, 6.45) is 1.79. The molecule has 1 aromatic heterocycles. The lowest BCUT2D eigenvalue weighted by molar-refractivity contribution is 0.819. The topological polar surface area (TPSA) is 75.9 Å². The minimum absolute atomic E-state index is 0.0358. The van der Waals surface area contributed by atoms with Gasteiger partial charge in [-0.3, -0.25) is 0 Å². The van der Waals surface area contributed by atoms with Crippen LogP contribution in [0.2, 0.25) is 5.02 Å². The van der Waals surface area contributed by atoms with E-state index in [9.17, 15) is 0 Å². The Hall–Kier alpha value is -1.85. The lowest BCUT2D eigenvalue weighted by Crippen LogP contribution is -2.14. The minimum Gasteiger partial charge on any atom is -0.363 e. The summed E-state index contributed by atoms with van der Waals surface area (Å²) in [6, 6.07) is 9.58. The van der Waals surface area contributed by atoms with Crippen molar-refractivity contribution < 1.29 is 0 Å². The second-order valence-corrected chi connectivity index (χ2v) is 5.24. The monoisotopic (exact) mass is 305 g/mol. The van der Waals surface area contributed by atoms with Crippen molar-refractivity contribution in [1.82, 2.24) is 9.97 Å². The average Bonchev–Trinajstić information content (AvgIpc) is 2.47. The molecule has 1 unspecified atom stereocenters. The molecule has 2 rings (SSSR count). The van der Waals surface area contributed by atoms with Crippen LogP contribution in [0.25, 0.3) is 0 Å². The number of aryl methyl sites for hydroxylation is 1. The fourth-order valence-corrected chi connectivity index (χ4v) is 2.41. The summed E-state index contributed by atoms with van der Waals surface area (Å²) >= 11 is 6.22. The van der Waals surface area contributed by atoms with Crippen molar-refractivity contribution in [3.8, 4) is 0 Å². The molecule has 21 heavy (non-hydrogen) atoms. The summed E-state index contributed by atoms with van der Waals surface area (Å²) in [6.45, 7) is 4.13. The molecule has 1 aromatic carbocycles. The smallest absolute Gasteiger partial charge is 0.145 e. The normalized spacial score (nSPS) is 12.0. The van der Waals surface area contributed by atoms with Crippen LogP contribution >= 0.6 is 11.6 Å². The number of nitrogens with two attached hydrogens (primary N) is 1. The van der Waals surface area contributed by atoms with Crippen molar-refractivity contribution in [3.63, 3.8) is 0 Å². The third-order valence-electron chi connectivity index (χ3n) is 3.13. The second kappa shape index (κ2) is 7.24. The Labute approximate surface area is 129 Å². The highest BCUT2D eigenvalue weighted by Gasteiger charge is 2.11. The highest BCUT2D eigenvalue weighted by molar-refractivity contribution is 6.31. The minimum atomic E-state index is 0.0358. The van der Waals surface area contributed by atoms with Crippen molar-refractivity contribution in [2.24, 2.45) is 5.84 Å². The van der Waals surface area contributed by atoms with Gasteiger partial charge in [0.05, 0.1) is 6.04 Å². The molecular weight excluding hydrogens is 286 g/mol. The molecule has 1 heterocycles. The largest absolute Gasteiger partial charge is 0.363 e. The molecule has 2 aromatic rings. The molecule has 0 amide bonds. The van der Waals surface area contributed by atoms with Gasteiger partial charge in [0.25, 0.3) is 0 Å². The van der Waals surface area contributed by atoms with Gasteiger partial charge in [-0.15, -0.1) is 0 Å². The third-order valence-corrected chi connectivity index (χ3v) is 3.47. The Morgan fingerprint density at radius 1 is 1.24 bits per heavy atom. The molecule has 0 aliphatic carbocycles. The van der Waals surface area contributed by atoms with Gasteiger partial charge in [-0.2, -0.15) is 0 Å². The van der Waals surface area contributed by atoms with Gasteiger partial charge in [0, 0.05) is 17.5 Å². The Kier molecular flexibility index (Phi) is 5.36. The lowest BCUT2D eigenvalue weighted by Gasteiger charge is -2.17. The average molecular weight is 306 g/mol. The Balaban J connectivity index is 2.22. The summed E-state index contributed by atoms with van der Waals surface area (Å²) in [5.41, 5.74) is 3.60. The van der Waals surface area contributed by atoms with Crippen LogP contribution in [0.3, 0.4) is 0 Å². The number of hydrogen-bond acceptors (Lipinski definition) is 5. The lowest BCUT2D eigenvalue weighted by atomic mass is 10.1. The molecule has 0 aliphatic heterocycles. The van der Waals surface area contributed by atoms with E-state index in [2.05, 4.69) is 27.6 Å². The molecule has 4 N–H and O–H groups in total. The quantitative estimate of drug-likeness (QED) is 0.562. The molecule has 0 radical (unpaired) electrons. The molecule has 0 saturated heterocycles. The fourth-order valence-electron chi connectivity index (χ4n) is 2.11. The number of rotatable bonds is 6. The number of anilines is 2. The molecule has 112 valence electrons. The number of aromatic nitrogens is 2. The summed E-state index contributed by atoms with van der Waals surface area (Å²) in [4.78, 5) is 8.83. The third kappa shape index (κ3) is 4.06. The molecule has 0 saturated carbocycles. The van der Waals surface area contributed by atoms with E-state index in [0.29, 0.717) is 5.82 Å². The van der Waals surface area contributed by atoms with Gasteiger partial charge in [0.2, 0.25) is 0 Å². The zero-order valence-electron chi connectivity index (χ0n) is 12.2. The van der Waals surface area contributed by atoms with Crippen molar-refractivity contribution in [2.75, 3.05) is 10.7 Å². The molecular formula is C15H20ClN5. The highest BCUT2D eigenvalue weighted by Crippen LogP contribution is 2.25. The maximum absolute atomic E-state index is 6.22. The van der Waals surface area contributed by atoms with E-state index < -0.39 is 0 Å². The van der Waals surface area contributed by atoms with Crippen LogP contribution in [0, 0.1) is 0 Å². The SMILES string of the molecule is CCCc1nc(NN)cc(NC(C)c2ccccc2Cl)n1. The first-order valence-corrected chi connectivity index (χ1v) is 7.37. The number of nitrogens with zero attached hydrogens (tertiary/aromatic N) is 2. The number of nitrogen functional groups attached to an aromatic ring is 1. The van der Waals surface area contributed by atoms with Crippen molar-refractivity contribution in [2.45, 2.75) is 32.7 Å². The molecule has 0 aliphatic rings. The first-order valence-electron chi connectivity index (χ1n) is 6.99. The molecule has 5 nitrogen and oxygen atoms in total. The van der Waals surface area contributed by atoms with E-state index in [0.717, 1.165) is 35.1 Å². The van der Waals surface area contributed by atoms with Crippen LogP contribution in [0.1, 0.15) is 37.7 Å². The Morgan fingerprint density at radius 2 is 1.95 bits per heavy atom. The molecule has 0 spiro atoms. The van der Waals surface area contributed by atoms with Crippen LogP contribution < -0.4 is 16.6 Å². The summed E-state index contributed by atoms with van der Waals surface area (Å²) in [5.74, 6) is 7.56. The van der Waals surface area contributed by atoms with Gasteiger partial charge in [0.15, 0.2) is 0 Å². The van der Waals surface area contributed by atoms with Crippen LogP contribution in [0.15, 0.2) is 30.3 Å². The summed E-state index contributed by atoms with van der Waals surface area (Å²) in [5, 5.41) is 4.08. The Bertz CT molecular complexity index is 602. The van der Waals surface area contributed by atoms with E-state index in [1.807, 2.05) is 31.2 Å². The standard InChI is InChI=1S/C15H20ClN5/c1-3-6-13-19-14(9-15(20-13)21-17)18-10(2)11-7-4-5-8-12(11)16/h4-5,7-10H,3,6,17H2,1-2H3,(H2,18,19,20,21). The first-order chi connectivity index (χ1) is 10.1. The molecule has 0 fully saturated rings. The number of nitrogens with one attached hydrogen (secondary N) is 2.